The van der Waals surface area contributed by atoms with Crippen molar-refractivity contribution in [3.63, 3.8) is 0 Å². The molecule has 1 aliphatic heterocycles. The predicted octanol–water partition coefficient (Wildman–Crippen LogP) is 3.54. The van der Waals surface area contributed by atoms with E-state index < -0.39 is 33.7 Å². The lowest BCUT2D eigenvalue weighted by molar-refractivity contribution is -0.142. The summed E-state index contributed by atoms with van der Waals surface area (Å²) in [6.45, 7) is 3.91. The molecule has 0 aromatic heterocycles. The summed E-state index contributed by atoms with van der Waals surface area (Å²) < 4.78 is 50.5. The van der Waals surface area contributed by atoms with Crippen molar-refractivity contribution in [1.29, 1.82) is 0 Å². The average molecular weight is 308 g/mol. The Morgan fingerprint density at radius 2 is 1.90 bits per heavy atom. The maximum absolute atomic E-state index is 13.7. The van der Waals surface area contributed by atoms with Gasteiger partial charge in [0, 0.05) is 10.6 Å². The van der Waals surface area contributed by atoms with Crippen molar-refractivity contribution in [1.82, 2.24) is 0 Å². The topological polar surface area (TPSA) is 35.5 Å². The highest BCUT2D eigenvalue weighted by molar-refractivity contribution is 8.34. The van der Waals surface area contributed by atoms with E-state index in [1.54, 1.807) is 13.8 Å². The van der Waals surface area contributed by atoms with Crippen molar-refractivity contribution in [3.8, 4) is 0 Å². The van der Waals surface area contributed by atoms with E-state index in [4.69, 9.17) is 8.92 Å². The highest BCUT2D eigenvalue weighted by Crippen LogP contribution is 2.80. The zero-order valence-corrected chi connectivity index (χ0v) is 12.0. The van der Waals surface area contributed by atoms with E-state index in [1.165, 1.54) is 0 Å². The summed E-state index contributed by atoms with van der Waals surface area (Å²) in [5, 5.41) is 0. The van der Waals surface area contributed by atoms with Crippen LogP contribution in [0.2, 0.25) is 0 Å². The first-order chi connectivity index (χ1) is 9.47. The molecular weight excluding hydrogens is 293 g/mol. The number of fused-ring (bicyclic) bond motifs is 1. The van der Waals surface area contributed by atoms with Crippen LogP contribution in [0.3, 0.4) is 0 Å². The minimum atomic E-state index is -2.19. The summed E-state index contributed by atoms with van der Waals surface area (Å²) in [5.41, 5.74) is 0. The fourth-order valence-electron chi connectivity index (χ4n) is 2.10. The predicted molar refractivity (Wildman–Crippen MR) is 68.2 cm³/mol. The number of carbonyl (C=O) groups is 1. The Balaban J connectivity index is 2.22. The molecule has 0 saturated carbocycles. The minimum absolute atomic E-state index is 0.0283. The van der Waals surface area contributed by atoms with E-state index in [-0.39, 0.29) is 30.3 Å². The molecule has 7 heteroatoms. The second-order valence-corrected chi connectivity index (χ2v) is 7.00. The molecule has 1 heterocycles. The minimum Gasteiger partial charge on any atom is -0.466 e. The van der Waals surface area contributed by atoms with E-state index in [0.717, 1.165) is 6.07 Å². The third-order valence-corrected chi connectivity index (χ3v) is 6.25. The molecule has 1 aromatic carbocycles. The molecule has 112 valence electrons. The smallest absolute Gasteiger partial charge is 0.306 e. The van der Waals surface area contributed by atoms with Gasteiger partial charge in [-0.25, -0.2) is 13.2 Å². The van der Waals surface area contributed by atoms with Gasteiger partial charge in [-0.1, -0.05) is 10.3 Å². The third kappa shape index (κ3) is 2.40. The molecule has 0 radical (unpaired) electrons. The maximum Gasteiger partial charge on any atom is 0.306 e. The highest BCUT2D eigenvalue weighted by Gasteiger charge is 2.51. The van der Waals surface area contributed by atoms with Crippen molar-refractivity contribution in [2.45, 2.75) is 30.1 Å². The van der Waals surface area contributed by atoms with Gasteiger partial charge in [0.25, 0.3) is 0 Å². The normalized spacial score (nSPS) is 22.9. The van der Waals surface area contributed by atoms with Gasteiger partial charge >= 0.3 is 5.97 Å². The fourth-order valence-corrected chi connectivity index (χ4v) is 5.36. The van der Waals surface area contributed by atoms with E-state index in [9.17, 15) is 18.0 Å². The molecule has 0 bridgehead atoms. The van der Waals surface area contributed by atoms with Gasteiger partial charge in [-0.3, -0.25) is 4.79 Å². The third-order valence-electron chi connectivity index (χ3n) is 2.94. The van der Waals surface area contributed by atoms with Gasteiger partial charge in [0.1, 0.15) is 0 Å². The number of rotatable bonds is 6. The lowest BCUT2D eigenvalue weighted by atomic mass is 10.3. The number of halogens is 3. The number of hydrogen-bond acceptors (Lipinski definition) is 3. The zero-order valence-electron chi connectivity index (χ0n) is 11.2. The molecule has 0 N–H and O–H groups in total. The molecule has 0 saturated heterocycles. The Kier molecular flexibility index (Phi) is 4.29. The first kappa shape index (κ1) is 15.2. The van der Waals surface area contributed by atoms with Crippen molar-refractivity contribution in [2.24, 2.45) is 0 Å². The number of ether oxygens (including phenoxy) is 1. The molecule has 1 aromatic rings. The number of hydrogen-bond donors (Lipinski definition) is 0. The van der Waals surface area contributed by atoms with Gasteiger partial charge in [0.2, 0.25) is 0 Å². The highest BCUT2D eigenvalue weighted by atomic mass is 32.3. The molecule has 0 fully saturated rings. The molecule has 0 spiro atoms. The van der Waals surface area contributed by atoms with Crippen LogP contribution >= 0.6 is 10.3 Å². The van der Waals surface area contributed by atoms with Gasteiger partial charge in [-0.15, -0.1) is 0 Å². The van der Waals surface area contributed by atoms with Crippen molar-refractivity contribution < 1.29 is 26.9 Å². The Hall–Kier alpha value is -1.21. The zero-order chi connectivity index (χ0) is 14.9. The Morgan fingerprint density at radius 1 is 1.20 bits per heavy atom. The standard InChI is InChI=1S/C13H15F3O3S/c1-3-18-10(17)5-6-20(19-4-2)9-7-8(14)11(15)12(16)13(9)20/h7H,3-6H2,1-2H3. The van der Waals surface area contributed by atoms with Gasteiger partial charge in [0.15, 0.2) is 17.5 Å². The Labute approximate surface area is 116 Å². The maximum atomic E-state index is 13.7. The number of carbonyl (C=O) groups excluding carboxylic acids is 1. The van der Waals surface area contributed by atoms with Crippen molar-refractivity contribution in [2.75, 3.05) is 19.0 Å². The van der Waals surface area contributed by atoms with E-state index >= 15 is 0 Å². The summed E-state index contributed by atoms with van der Waals surface area (Å²) in [6, 6.07) is 0.962. The van der Waals surface area contributed by atoms with Crippen molar-refractivity contribution >= 4 is 16.3 Å². The Morgan fingerprint density at radius 3 is 2.50 bits per heavy atom. The lowest BCUT2D eigenvalue weighted by Crippen LogP contribution is -2.08. The fraction of sp³-hybridized carbons (Fsp3) is 0.462. The van der Waals surface area contributed by atoms with Crippen molar-refractivity contribution in [3.05, 3.63) is 23.5 Å². The lowest BCUT2D eigenvalue weighted by Gasteiger charge is -2.20. The summed E-state index contributed by atoms with van der Waals surface area (Å²) >= 11 is 0. The Bertz CT molecular complexity index is 550. The van der Waals surface area contributed by atoms with Gasteiger partial charge in [-0.05, 0) is 19.9 Å². The molecule has 0 amide bonds. The van der Waals surface area contributed by atoms with E-state index in [0.29, 0.717) is 4.90 Å². The monoisotopic (exact) mass is 308 g/mol. The quantitative estimate of drug-likeness (QED) is 0.458. The first-order valence-electron chi connectivity index (χ1n) is 6.26. The summed E-state index contributed by atoms with van der Waals surface area (Å²) in [7, 11) is -2.19. The van der Waals surface area contributed by atoms with Crippen LogP contribution in [0.15, 0.2) is 15.9 Å². The first-order valence-corrected chi connectivity index (χ1v) is 7.99. The van der Waals surface area contributed by atoms with Crippen LogP contribution in [0, 0.1) is 17.5 Å². The van der Waals surface area contributed by atoms with Crippen LogP contribution in [0.1, 0.15) is 20.3 Å². The molecule has 3 nitrogen and oxygen atoms in total. The summed E-state index contributed by atoms with van der Waals surface area (Å²) in [6.07, 6.45) is 0.0283. The van der Waals surface area contributed by atoms with E-state index in [2.05, 4.69) is 0 Å². The van der Waals surface area contributed by atoms with Crippen LogP contribution in [-0.2, 0) is 13.7 Å². The van der Waals surface area contributed by atoms with Gasteiger partial charge in [-0.2, -0.15) is 0 Å². The summed E-state index contributed by atoms with van der Waals surface area (Å²) in [4.78, 5) is 11.8. The number of benzene rings is 1. The average Bonchev–Trinajstić information content (AvgIpc) is 3.02. The van der Waals surface area contributed by atoms with Gasteiger partial charge < -0.3 is 8.92 Å². The molecule has 0 aliphatic carbocycles. The van der Waals surface area contributed by atoms with Gasteiger partial charge in [0.05, 0.1) is 24.5 Å². The molecular formula is C13H15F3O3S. The molecule has 2 rings (SSSR count). The molecule has 1 unspecified atom stereocenters. The summed E-state index contributed by atoms with van der Waals surface area (Å²) in [5.74, 6) is -4.17. The molecule has 1 atom stereocenters. The SMILES string of the molecule is CCOC(=O)CCS1(OCC)c2cc(F)c(F)c(F)c21. The van der Waals surface area contributed by atoms with Crippen LogP contribution in [-0.4, -0.2) is 24.9 Å². The largest absolute Gasteiger partial charge is 0.466 e. The number of esters is 1. The molecule has 1 aliphatic rings. The van der Waals surface area contributed by atoms with Crippen LogP contribution in [0.25, 0.3) is 0 Å². The molecule has 20 heavy (non-hydrogen) atoms. The second kappa shape index (κ2) is 5.65. The van der Waals surface area contributed by atoms with Crippen LogP contribution in [0.4, 0.5) is 13.2 Å². The van der Waals surface area contributed by atoms with Crippen LogP contribution in [0.5, 0.6) is 0 Å². The van der Waals surface area contributed by atoms with E-state index in [1.807, 2.05) is 0 Å². The van der Waals surface area contributed by atoms with Crippen LogP contribution < -0.4 is 0 Å². The second-order valence-electron chi connectivity index (χ2n) is 4.15.